The molecule has 0 saturated heterocycles. The largest absolute Gasteiger partial charge is 0.368 e. The Hall–Kier alpha value is -2.35. The van der Waals surface area contributed by atoms with Crippen molar-refractivity contribution in [1.82, 2.24) is 24.7 Å². The van der Waals surface area contributed by atoms with E-state index in [1.54, 1.807) is 17.7 Å². The lowest BCUT2D eigenvalue weighted by atomic mass is 10.2. The van der Waals surface area contributed by atoms with Crippen molar-refractivity contribution in [2.24, 2.45) is 7.05 Å². The van der Waals surface area contributed by atoms with Crippen LogP contribution in [0.1, 0.15) is 5.82 Å². The van der Waals surface area contributed by atoms with Gasteiger partial charge in [-0.3, -0.25) is 9.36 Å². The fourth-order valence-corrected chi connectivity index (χ4v) is 2.58. The van der Waals surface area contributed by atoms with Crippen LogP contribution in [0, 0.1) is 0 Å². The molecule has 3 N–H and O–H groups in total. The average Bonchev–Trinajstić information content (AvgIpc) is 2.77. The summed E-state index contributed by atoms with van der Waals surface area (Å²) in [7, 11) is 1.79. The molecule has 0 fully saturated rings. The molecule has 0 atom stereocenters. The summed E-state index contributed by atoms with van der Waals surface area (Å²) in [4.78, 5) is 19.1. The van der Waals surface area contributed by atoms with E-state index in [0.717, 1.165) is 0 Å². The lowest BCUT2D eigenvalue weighted by molar-refractivity contribution is 0.795. The van der Waals surface area contributed by atoms with Crippen molar-refractivity contribution in [3.05, 3.63) is 40.4 Å². The Labute approximate surface area is 118 Å². The molecule has 3 aromatic rings. The van der Waals surface area contributed by atoms with Crippen molar-refractivity contribution >= 4 is 28.6 Å². The first-order valence-corrected chi connectivity index (χ1v) is 6.89. The lowest BCUT2D eigenvalue weighted by Gasteiger charge is -2.03. The smallest absolute Gasteiger partial charge is 0.258 e. The second-order valence-corrected chi connectivity index (χ2v) is 5.16. The molecule has 0 unspecified atom stereocenters. The summed E-state index contributed by atoms with van der Waals surface area (Å²) in [6, 6.07) is 7.24. The normalized spacial score (nSPS) is 11.1. The zero-order valence-electron chi connectivity index (χ0n) is 10.7. The highest BCUT2D eigenvalue weighted by molar-refractivity contribution is 7.98. The molecule has 0 radical (unpaired) electrons. The minimum Gasteiger partial charge on any atom is -0.368 e. The van der Waals surface area contributed by atoms with Crippen LogP contribution in [0.4, 0.5) is 5.95 Å². The summed E-state index contributed by atoms with van der Waals surface area (Å²) in [6.45, 7) is 0. The van der Waals surface area contributed by atoms with Gasteiger partial charge in [0.1, 0.15) is 5.82 Å². The van der Waals surface area contributed by atoms with E-state index in [0.29, 0.717) is 33.6 Å². The van der Waals surface area contributed by atoms with Crippen LogP contribution in [-0.2, 0) is 12.8 Å². The number of hydrogen-bond acceptors (Lipinski definition) is 6. The van der Waals surface area contributed by atoms with Crippen molar-refractivity contribution in [1.29, 1.82) is 0 Å². The number of nitrogens with zero attached hydrogens (tertiary/aromatic N) is 4. The van der Waals surface area contributed by atoms with Gasteiger partial charge in [-0.15, -0.1) is 10.2 Å². The van der Waals surface area contributed by atoms with Gasteiger partial charge >= 0.3 is 0 Å². The molecule has 0 amide bonds. The monoisotopic (exact) mass is 288 g/mol. The SMILES string of the molecule is Cn1c(N)nnc1SCc1nc2ccccc2c(=O)[nH]1. The fourth-order valence-electron chi connectivity index (χ4n) is 1.79. The molecule has 0 saturated carbocycles. The van der Waals surface area contributed by atoms with Gasteiger partial charge in [-0.05, 0) is 12.1 Å². The molecule has 0 aliphatic heterocycles. The number of fused-ring (bicyclic) bond motifs is 1. The molecule has 0 bridgehead atoms. The van der Waals surface area contributed by atoms with Crippen molar-refractivity contribution in [2.75, 3.05) is 5.73 Å². The highest BCUT2D eigenvalue weighted by Gasteiger charge is 2.08. The van der Waals surface area contributed by atoms with Crippen molar-refractivity contribution in [3.63, 3.8) is 0 Å². The Morgan fingerprint density at radius 3 is 2.90 bits per heavy atom. The number of H-pyrrole nitrogens is 1. The van der Waals surface area contributed by atoms with Gasteiger partial charge in [0.15, 0.2) is 5.16 Å². The number of aromatic nitrogens is 5. The van der Waals surface area contributed by atoms with Crippen LogP contribution in [0.5, 0.6) is 0 Å². The standard InChI is InChI=1S/C12H12N6OS/c1-18-11(13)16-17-12(18)20-6-9-14-8-5-3-2-4-7(8)10(19)15-9/h2-5H,6H2,1H3,(H2,13,16)(H,14,15,19). The number of rotatable bonds is 3. The van der Waals surface area contributed by atoms with E-state index in [-0.39, 0.29) is 5.56 Å². The van der Waals surface area contributed by atoms with Crippen LogP contribution < -0.4 is 11.3 Å². The van der Waals surface area contributed by atoms with Gasteiger partial charge in [-0.2, -0.15) is 0 Å². The number of anilines is 1. The highest BCUT2D eigenvalue weighted by atomic mass is 32.2. The minimum absolute atomic E-state index is 0.135. The molecule has 2 heterocycles. The van der Waals surface area contributed by atoms with Gasteiger partial charge in [0.25, 0.3) is 5.56 Å². The predicted octanol–water partition coefficient (Wildman–Crippen LogP) is 0.926. The molecular formula is C12H12N6OS. The number of hydrogen-bond donors (Lipinski definition) is 2. The third-order valence-electron chi connectivity index (χ3n) is 2.87. The molecule has 7 nitrogen and oxygen atoms in total. The number of aromatic amines is 1. The van der Waals surface area contributed by atoms with E-state index >= 15 is 0 Å². The van der Waals surface area contributed by atoms with E-state index in [1.165, 1.54) is 11.8 Å². The van der Waals surface area contributed by atoms with Crippen LogP contribution in [0.15, 0.2) is 34.2 Å². The minimum atomic E-state index is -0.135. The van der Waals surface area contributed by atoms with E-state index in [1.807, 2.05) is 18.2 Å². The highest BCUT2D eigenvalue weighted by Crippen LogP contribution is 2.20. The van der Waals surface area contributed by atoms with Gasteiger partial charge in [0.2, 0.25) is 5.95 Å². The first-order valence-electron chi connectivity index (χ1n) is 5.91. The molecule has 0 aliphatic carbocycles. The maximum atomic E-state index is 11.9. The van der Waals surface area contributed by atoms with Crippen LogP contribution >= 0.6 is 11.8 Å². The maximum Gasteiger partial charge on any atom is 0.258 e. The molecule has 102 valence electrons. The van der Waals surface area contributed by atoms with Crippen LogP contribution in [0.25, 0.3) is 10.9 Å². The number of thioether (sulfide) groups is 1. The van der Waals surface area contributed by atoms with Gasteiger partial charge in [0.05, 0.1) is 16.7 Å². The Morgan fingerprint density at radius 1 is 1.35 bits per heavy atom. The van der Waals surface area contributed by atoms with E-state index in [2.05, 4.69) is 20.2 Å². The molecule has 2 aromatic heterocycles. The molecule has 0 aliphatic rings. The predicted molar refractivity (Wildman–Crippen MR) is 77.3 cm³/mol. The zero-order chi connectivity index (χ0) is 14.1. The van der Waals surface area contributed by atoms with E-state index < -0.39 is 0 Å². The second kappa shape index (κ2) is 4.97. The van der Waals surface area contributed by atoms with Gasteiger partial charge in [0, 0.05) is 7.05 Å². The van der Waals surface area contributed by atoms with E-state index in [9.17, 15) is 4.79 Å². The third-order valence-corrected chi connectivity index (χ3v) is 3.90. The van der Waals surface area contributed by atoms with Gasteiger partial charge < -0.3 is 10.7 Å². The van der Waals surface area contributed by atoms with Gasteiger partial charge in [-0.25, -0.2) is 4.98 Å². The molecule has 3 rings (SSSR count). The number of nitrogens with one attached hydrogen (secondary N) is 1. The van der Waals surface area contributed by atoms with Crippen molar-refractivity contribution in [2.45, 2.75) is 10.9 Å². The lowest BCUT2D eigenvalue weighted by Crippen LogP contribution is -2.11. The fraction of sp³-hybridized carbons (Fsp3) is 0.167. The summed E-state index contributed by atoms with van der Waals surface area (Å²) < 4.78 is 1.68. The first kappa shape index (κ1) is 12.7. The number of nitrogen functional groups attached to an aromatic ring is 1. The van der Waals surface area contributed by atoms with Crippen LogP contribution in [-0.4, -0.2) is 24.7 Å². The van der Waals surface area contributed by atoms with E-state index in [4.69, 9.17) is 5.73 Å². The molecule has 1 aromatic carbocycles. The zero-order valence-corrected chi connectivity index (χ0v) is 11.5. The number of para-hydroxylation sites is 1. The average molecular weight is 288 g/mol. The summed E-state index contributed by atoms with van der Waals surface area (Å²) in [6.07, 6.45) is 0. The molecule has 0 spiro atoms. The Morgan fingerprint density at radius 2 is 2.15 bits per heavy atom. The van der Waals surface area contributed by atoms with Crippen molar-refractivity contribution in [3.8, 4) is 0 Å². The molecule has 20 heavy (non-hydrogen) atoms. The first-order chi connectivity index (χ1) is 9.65. The number of nitrogens with two attached hydrogens (primary N) is 1. The maximum absolute atomic E-state index is 11.9. The van der Waals surface area contributed by atoms with Crippen LogP contribution in [0.3, 0.4) is 0 Å². The Bertz CT molecular complexity index is 824. The topological polar surface area (TPSA) is 102 Å². The van der Waals surface area contributed by atoms with Crippen LogP contribution in [0.2, 0.25) is 0 Å². The molecular weight excluding hydrogens is 276 g/mol. The van der Waals surface area contributed by atoms with Crippen molar-refractivity contribution < 1.29 is 0 Å². The summed E-state index contributed by atoms with van der Waals surface area (Å²) in [5.74, 6) is 1.44. The Kier molecular flexibility index (Phi) is 3.15. The second-order valence-electron chi connectivity index (χ2n) is 4.22. The summed E-state index contributed by atoms with van der Waals surface area (Å²) in [5, 5.41) is 8.99. The summed E-state index contributed by atoms with van der Waals surface area (Å²) in [5.41, 5.74) is 6.16. The quantitative estimate of drug-likeness (QED) is 0.695. The molecule has 8 heteroatoms. The van der Waals surface area contributed by atoms with Gasteiger partial charge in [-0.1, -0.05) is 23.9 Å². The summed E-state index contributed by atoms with van der Waals surface area (Å²) >= 11 is 1.41. The Balaban J connectivity index is 1.88. The third kappa shape index (κ3) is 2.25. The number of benzene rings is 1.